The fraction of sp³-hybridized carbons (Fsp3) is 0.100. The van der Waals surface area contributed by atoms with Gasteiger partial charge in [-0.1, -0.05) is 41.6 Å². The summed E-state index contributed by atoms with van der Waals surface area (Å²) in [6.45, 7) is 1.88. The predicted molar refractivity (Wildman–Crippen MR) is 49.6 cm³/mol. The molecule has 0 aromatic heterocycles. The first-order valence-electron chi connectivity index (χ1n) is 3.78. The number of nitrogens with zero attached hydrogens (tertiary/aromatic N) is 1. The molecule has 2 heteroatoms. The fourth-order valence-electron chi connectivity index (χ4n) is 0.954. The molecule has 0 aliphatic carbocycles. The van der Waals surface area contributed by atoms with E-state index in [4.69, 9.17) is 5.21 Å². The van der Waals surface area contributed by atoms with Gasteiger partial charge in [0.05, 0.1) is 0 Å². The zero-order valence-electron chi connectivity index (χ0n) is 6.94. The number of rotatable bonds is 2. The summed E-state index contributed by atoms with van der Waals surface area (Å²) in [5, 5.41) is 11.8. The highest BCUT2D eigenvalue weighted by molar-refractivity contribution is 6.08. The van der Waals surface area contributed by atoms with E-state index in [0.717, 1.165) is 5.56 Å². The summed E-state index contributed by atoms with van der Waals surface area (Å²) in [4.78, 5) is 0. The van der Waals surface area contributed by atoms with Crippen LogP contribution in [0.25, 0.3) is 0 Å². The van der Waals surface area contributed by atoms with E-state index in [9.17, 15) is 0 Å². The zero-order valence-corrected chi connectivity index (χ0v) is 6.94. The third-order valence-electron chi connectivity index (χ3n) is 1.50. The van der Waals surface area contributed by atoms with Gasteiger partial charge in [0.2, 0.25) is 0 Å². The molecule has 1 N–H and O–H groups in total. The van der Waals surface area contributed by atoms with Crippen LogP contribution in [-0.4, -0.2) is 10.9 Å². The number of hydrogen-bond donors (Lipinski definition) is 1. The molecule has 0 radical (unpaired) electrons. The molecule has 0 atom stereocenters. The molecule has 1 aromatic rings. The highest BCUT2D eigenvalue weighted by Gasteiger charge is 1.96. The average molecular weight is 161 g/mol. The zero-order chi connectivity index (χ0) is 8.81. The second-order valence-electron chi connectivity index (χ2n) is 2.35. The van der Waals surface area contributed by atoms with Crippen molar-refractivity contribution < 1.29 is 5.21 Å². The Labute approximate surface area is 71.8 Å². The Hall–Kier alpha value is -1.57. The Balaban J connectivity index is 2.97. The standard InChI is InChI=1S/C10H11NO/c1-2-6-10(11-12)9-7-4-3-5-8-9/h2-8,12H,1H3/b6-2?,11-10+. The van der Waals surface area contributed by atoms with Crippen molar-refractivity contribution in [3.8, 4) is 0 Å². The summed E-state index contributed by atoms with van der Waals surface area (Å²) in [5.41, 5.74) is 1.50. The molecule has 0 aliphatic heterocycles. The molecule has 0 spiro atoms. The largest absolute Gasteiger partial charge is 0.410 e. The van der Waals surface area contributed by atoms with E-state index in [-0.39, 0.29) is 0 Å². The van der Waals surface area contributed by atoms with E-state index in [1.54, 1.807) is 6.08 Å². The van der Waals surface area contributed by atoms with Crippen molar-refractivity contribution in [2.24, 2.45) is 5.16 Å². The maximum Gasteiger partial charge on any atom is 0.109 e. The van der Waals surface area contributed by atoms with Gasteiger partial charge in [0, 0.05) is 5.56 Å². The van der Waals surface area contributed by atoms with Crippen LogP contribution in [0.1, 0.15) is 12.5 Å². The van der Waals surface area contributed by atoms with Gasteiger partial charge in [0.25, 0.3) is 0 Å². The van der Waals surface area contributed by atoms with E-state index >= 15 is 0 Å². The second-order valence-corrected chi connectivity index (χ2v) is 2.35. The van der Waals surface area contributed by atoms with Gasteiger partial charge in [0.1, 0.15) is 5.71 Å². The minimum absolute atomic E-state index is 0.582. The molecular weight excluding hydrogens is 150 g/mol. The first-order valence-corrected chi connectivity index (χ1v) is 3.78. The van der Waals surface area contributed by atoms with Crippen LogP contribution < -0.4 is 0 Å². The molecular formula is C10H11NO. The molecule has 0 bridgehead atoms. The normalized spacial score (nSPS) is 12.2. The van der Waals surface area contributed by atoms with E-state index in [0.29, 0.717) is 5.71 Å². The van der Waals surface area contributed by atoms with Crippen molar-refractivity contribution in [3.05, 3.63) is 48.0 Å². The molecule has 1 rings (SSSR count). The van der Waals surface area contributed by atoms with Crippen LogP contribution in [0.2, 0.25) is 0 Å². The molecule has 1 aromatic carbocycles. The molecule has 2 nitrogen and oxygen atoms in total. The van der Waals surface area contributed by atoms with Crippen LogP contribution in [0, 0.1) is 0 Å². The Bertz CT molecular complexity index is 288. The maximum absolute atomic E-state index is 8.65. The summed E-state index contributed by atoms with van der Waals surface area (Å²) >= 11 is 0. The van der Waals surface area contributed by atoms with Crippen LogP contribution in [0.4, 0.5) is 0 Å². The Morgan fingerprint density at radius 3 is 2.50 bits per heavy atom. The molecule has 0 saturated heterocycles. The minimum Gasteiger partial charge on any atom is -0.410 e. The van der Waals surface area contributed by atoms with Crippen molar-refractivity contribution in [2.75, 3.05) is 0 Å². The van der Waals surface area contributed by atoms with Crippen LogP contribution in [0.15, 0.2) is 47.6 Å². The highest BCUT2D eigenvalue weighted by atomic mass is 16.4. The Kier molecular flexibility index (Phi) is 3.08. The van der Waals surface area contributed by atoms with Gasteiger partial charge in [-0.25, -0.2) is 0 Å². The van der Waals surface area contributed by atoms with Crippen LogP contribution >= 0.6 is 0 Å². The first-order chi connectivity index (χ1) is 5.88. The van der Waals surface area contributed by atoms with Gasteiger partial charge in [-0.05, 0) is 13.0 Å². The quantitative estimate of drug-likeness (QED) is 0.403. The summed E-state index contributed by atoms with van der Waals surface area (Å²) in [6, 6.07) is 9.53. The lowest BCUT2D eigenvalue weighted by Gasteiger charge is -1.96. The predicted octanol–water partition coefficient (Wildman–Crippen LogP) is 2.44. The maximum atomic E-state index is 8.65. The second kappa shape index (κ2) is 4.34. The van der Waals surface area contributed by atoms with E-state index in [1.807, 2.05) is 43.3 Å². The molecule has 12 heavy (non-hydrogen) atoms. The van der Waals surface area contributed by atoms with Gasteiger partial charge in [-0.3, -0.25) is 0 Å². The lowest BCUT2D eigenvalue weighted by atomic mass is 10.1. The van der Waals surface area contributed by atoms with Gasteiger partial charge in [-0.15, -0.1) is 0 Å². The summed E-state index contributed by atoms with van der Waals surface area (Å²) in [7, 11) is 0. The molecule has 0 heterocycles. The van der Waals surface area contributed by atoms with E-state index in [1.165, 1.54) is 0 Å². The molecule has 0 amide bonds. The van der Waals surface area contributed by atoms with Crippen molar-refractivity contribution in [1.82, 2.24) is 0 Å². The number of allylic oxidation sites excluding steroid dienone is 2. The van der Waals surface area contributed by atoms with Crippen molar-refractivity contribution in [2.45, 2.75) is 6.92 Å². The summed E-state index contributed by atoms with van der Waals surface area (Å²) in [5.74, 6) is 0. The third-order valence-corrected chi connectivity index (χ3v) is 1.50. The first kappa shape index (κ1) is 8.53. The number of oxime groups is 1. The average Bonchev–Trinajstić information content (AvgIpc) is 2.15. The van der Waals surface area contributed by atoms with Crippen LogP contribution in [0.3, 0.4) is 0 Å². The van der Waals surface area contributed by atoms with Gasteiger partial charge < -0.3 is 5.21 Å². The molecule has 0 aliphatic rings. The lowest BCUT2D eigenvalue weighted by molar-refractivity contribution is 0.320. The Morgan fingerprint density at radius 1 is 1.33 bits per heavy atom. The lowest BCUT2D eigenvalue weighted by Crippen LogP contribution is -1.95. The number of benzene rings is 1. The third kappa shape index (κ3) is 1.95. The van der Waals surface area contributed by atoms with Crippen molar-refractivity contribution >= 4 is 5.71 Å². The minimum atomic E-state index is 0.582. The molecule has 62 valence electrons. The van der Waals surface area contributed by atoms with Gasteiger partial charge in [0.15, 0.2) is 0 Å². The van der Waals surface area contributed by atoms with Crippen LogP contribution in [-0.2, 0) is 0 Å². The van der Waals surface area contributed by atoms with E-state index < -0.39 is 0 Å². The highest BCUT2D eigenvalue weighted by Crippen LogP contribution is 2.01. The molecule has 0 fully saturated rings. The monoisotopic (exact) mass is 161 g/mol. The Morgan fingerprint density at radius 2 is 2.00 bits per heavy atom. The van der Waals surface area contributed by atoms with E-state index in [2.05, 4.69) is 5.16 Å². The van der Waals surface area contributed by atoms with Crippen molar-refractivity contribution in [3.63, 3.8) is 0 Å². The summed E-state index contributed by atoms with van der Waals surface area (Å²) < 4.78 is 0. The smallest absolute Gasteiger partial charge is 0.109 e. The van der Waals surface area contributed by atoms with Crippen molar-refractivity contribution in [1.29, 1.82) is 0 Å². The fourth-order valence-corrected chi connectivity index (χ4v) is 0.954. The molecule has 0 unspecified atom stereocenters. The van der Waals surface area contributed by atoms with Crippen LogP contribution in [0.5, 0.6) is 0 Å². The topological polar surface area (TPSA) is 32.6 Å². The molecule has 0 saturated carbocycles. The number of hydrogen-bond acceptors (Lipinski definition) is 2. The SMILES string of the molecule is CC=C/C(=N\O)c1ccccc1. The van der Waals surface area contributed by atoms with Gasteiger partial charge >= 0.3 is 0 Å². The summed E-state index contributed by atoms with van der Waals surface area (Å²) in [6.07, 6.45) is 3.59. The van der Waals surface area contributed by atoms with Gasteiger partial charge in [-0.2, -0.15) is 0 Å².